The molecule has 1 aliphatic heterocycles. The Kier molecular flexibility index (Phi) is 5.63. The average Bonchev–Trinajstić information content (AvgIpc) is 3.10. The van der Waals surface area contributed by atoms with Crippen molar-refractivity contribution in [2.24, 2.45) is 11.3 Å². The van der Waals surface area contributed by atoms with Crippen LogP contribution in [0, 0.1) is 17.2 Å². The molecule has 1 aromatic heterocycles. The number of hydrogen-bond acceptors (Lipinski definition) is 4. The number of carbonyl (C=O) groups excluding carboxylic acids is 1. The second-order valence-electron chi connectivity index (χ2n) is 7.06. The molecule has 26 heavy (non-hydrogen) atoms. The summed E-state index contributed by atoms with van der Waals surface area (Å²) in [5.41, 5.74) is 1.79. The van der Waals surface area contributed by atoms with Gasteiger partial charge in [-0.15, -0.1) is 12.4 Å². The van der Waals surface area contributed by atoms with E-state index in [1.165, 1.54) is 12.1 Å². The van der Waals surface area contributed by atoms with E-state index in [0.717, 1.165) is 43.6 Å². The second-order valence-corrected chi connectivity index (χ2v) is 7.06. The first kappa shape index (κ1) is 18.9. The molecule has 2 aromatic rings. The lowest BCUT2D eigenvalue weighted by Crippen LogP contribution is -2.34. The van der Waals surface area contributed by atoms with Crippen LogP contribution in [-0.4, -0.2) is 30.5 Å². The zero-order chi connectivity index (χ0) is 17.3. The van der Waals surface area contributed by atoms with Crippen molar-refractivity contribution in [1.29, 1.82) is 0 Å². The second kappa shape index (κ2) is 7.76. The summed E-state index contributed by atoms with van der Waals surface area (Å²) in [5.74, 6) is 0.535. The zero-order valence-corrected chi connectivity index (χ0v) is 15.3. The molecule has 1 aliphatic carbocycles. The Bertz CT molecular complexity index is 756. The molecule has 2 fully saturated rings. The van der Waals surface area contributed by atoms with Gasteiger partial charge in [0.2, 0.25) is 11.8 Å². The fraction of sp³-hybridized carbons (Fsp3) is 0.474. The summed E-state index contributed by atoms with van der Waals surface area (Å²) in [7, 11) is 0. The number of carbonyl (C=O) groups is 1. The fourth-order valence-corrected chi connectivity index (χ4v) is 3.78. The number of piperidine rings is 1. The highest BCUT2D eigenvalue weighted by atomic mass is 35.5. The number of rotatable bonds is 5. The number of nitrogens with one attached hydrogen (secondary N) is 2. The molecule has 2 N–H and O–H groups in total. The van der Waals surface area contributed by atoms with Crippen LogP contribution in [0.3, 0.4) is 0 Å². The highest BCUT2D eigenvalue weighted by Gasteiger charge is 2.57. The van der Waals surface area contributed by atoms with Gasteiger partial charge in [0, 0.05) is 24.4 Å². The Morgan fingerprint density at radius 1 is 1.31 bits per heavy atom. The van der Waals surface area contributed by atoms with Gasteiger partial charge in [0.1, 0.15) is 12.1 Å². The normalized spacial score (nSPS) is 20.4. The quantitative estimate of drug-likeness (QED) is 0.838. The zero-order valence-electron chi connectivity index (χ0n) is 14.5. The number of oxazole rings is 1. The van der Waals surface area contributed by atoms with Gasteiger partial charge in [-0.05, 0) is 62.0 Å². The van der Waals surface area contributed by atoms with Crippen LogP contribution in [0.4, 0.5) is 4.39 Å². The van der Waals surface area contributed by atoms with Gasteiger partial charge < -0.3 is 15.1 Å². The van der Waals surface area contributed by atoms with Gasteiger partial charge in [0.05, 0.1) is 5.69 Å². The molecule has 4 rings (SSSR count). The molecule has 0 radical (unpaired) electrons. The lowest BCUT2D eigenvalue weighted by Gasteiger charge is -2.23. The Hall–Kier alpha value is -1.92. The predicted octanol–water partition coefficient (Wildman–Crippen LogP) is 2.95. The molecule has 0 bridgehead atoms. The molecule has 1 amide bonds. The van der Waals surface area contributed by atoms with Gasteiger partial charge in [-0.1, -0.05) is 0 Å². The summed E-state index contributed by atoms with van der Waals surface area (Å²) in [6.07, 6.45) is 5.46. The van der Waals surface area contributed by atoms with Gasteiger partial charge in [-0.2, -0.15) is 0 Å². The number of hydrogen-bond donors (Lipinski definition) is 2. The van der Waals surface area contributed by atoms with Crippen LogP contribution in [0.15, 0.2) is 34.9 Å². The maximum Gasteiger partial charge on any atom is 0.226 e. The Morgan fingerprint density at radius 2 is 2.04 bits per heavy atom. The standard InChI is InChI=1S/C19H22FN3O2.ClH/c20-14-3-1-13(2-4-14)18-23-15(12-25-18)5-8-22-17(24)16-11-19(16)6-9-21-10-7-19;/h1-4,12,16,21H,5-11H2,(H,22,24);1H. The molecule has 1 saturated heterocycles. The van der Waals surface area contributed by atoms with E-state index < -0.39 is 0 Å². The van der Waals surface area contributed by atoms with E-state index in [4.69, 9.17) is 4.42 Å². The topological polar surface area (TPSA) is 67.2 Å². The summed E-state index contributed by atoms with van der Waals surface area (Å²) < 4.78 is 18.4. The van der Waals surface area contributed by atoms with E-state index in [2.05, 4.69) is 15.6 Å². The SMILES string of the molecule is Cl.O=C(NCCc1coc(-c2ccc(F)cc2)n1)C1CC12CCNCC2. The summed E-state index contributed by atoms with van der Waals surface area (Å²) in [5, 5.41) is 6.38. The lowest BCUT2D eigenvalue weighted by molar-refractivity contribution is -0.123. The van der Waals surface area contributed by atoms with Crippen molar-refractivity contribution >= 4 is 18.3 Å². The first-order valence-corrected chi connectivity index (χ1v) is 8.85. The van der Waals surface area contributed by atoms with Gasteiger partial charge in [0.15, 0.2) is 0 Å². The number of aromatic nitrogens is 1. The van der Waals surface area contributed by atoms with Crippen molar-refractivity contribution in [3.63, 3.8) is 0 Å². The van der Waals surface area contributed by atoms with Crippen molar-refractivity contribution in [2.45, 2.75) is 25.7 Å². The van der Waals surface area contributed by atoms with Gasteiger partial charge in [-0.3, -0.25) is 4.79 Å². The van der Waals surface area contributed by atoms with Gasteiger partial charge >= 0.3 is 0 Å². The third-order valence-corrected chi connectivity index (χ3v) is 5.43. The predicted molar refractivity (Wildman–Crippen MR) is 98.5 cm³/mol. The summed E-state index contributed by atoms with van der Waals surface area (Å²) in [6, 6.07) is 6.04. The summed E-state index contributed by atoms with van der Waals surface area (Å²) >= 11 is 0. The minimum Gasteiger partial charge on any atom is -0.444 e. The highest BCUT2D eigenvalue weighted by Crippen LogP contribution is 2.58. The first-order valence-electron chi connectivity index (χ1n) is 8.85. The van der Waals surface area contributed by atoms with Crippen molar-refractivity contribution in [3.05, 3.63) is 42.0 Å². The maximum absolute atomic E-state index is 13.0. The Labute approximate surface area is 158 Å². The molecule has 2 aliphatic rings. The minimum absolute atomic E-state index is 0. The van der Waals surface area contributed by atoms with Crippen molar-refractivity contribution in [2.75, 3.05) is 19.6 Å². The lowest BCUT2D eigenvalue weighted by atomic mass is 9.92. The molecule has 1 atom stereocenters. The summed E-state index contributed by atoms with van der Waals surface area (Å²) in [4.78, 5) is 16.7. The van der Waals surface area contributed by atoms with E-state index in [1.807, 2.05) is 0 Å². The van der Waals surface area contributed by atoms with Crippen molar-refractivity contribution in [3.8, 4) is 11.5 Å². The van der Waals surface area contributed by atoms with E-state index in [1.54, 1.807) is 18.4 Å². The molecule has 1 spiro atoms. The number of benzene rings is 1. The number of halogens is 2. The maximum atomic E-state index is 13.0. The van der Waals surface area contributed by atoms with Crippen LogP contribution in [0.5, 0.6) is 0 Å². The van der Waals surface area contributed by atoms with E-state index >= 15 is 0 Å². The molecule has 1 aromatic carbocycles. The van der Waals surface area contributed by atoms with Crippen molar-refractivity contribution < 1.29 is 13.6 Å². The summed E-state index contributed by atoms with van der Waals surface area (Å²) in [6.45, 7) is 2.60. The van der Waals surface area contributed by atoms with Gasteiger partial charge in [0.25, 0.3) is 0 Å². The Morgan fingerprint density at radius 3 is 2.77 bits per heavy atom. The molecule has 140 valence electrons. The Balaban J connectivity index is 0.00000196. The molecule has 5 nitrogen and oxygen atoms in total. The van der Waals surface area contributed by atoms with Crippen LogP contribution in [0.1, 0.15) is 25.0 Å². The number of nitrogens with zero attached hydrogens (tertiary/aromatic N) is 1. The van der Waals surface area contributed by atoms with E-state index in [0.29, 0.717) is 18.9 Å². The van der Waals surface area contributed by atoms with Crippen LogP contribution in [-0.2, 0) is 11.2 Å². The van der Waals surface area contributed by atoms with Crippen LogP contribution in [0.25, 0.3) is 11.5 Å². The van der Waals surface area contributed by atoms with E-state index in [-0.39, 0.29) is 35.5 Å². The minimum atomic E-state index is -0.287. The van der Waals surface area contributed by atoms with Crippen LogP contribution < -0.4 is 10.6 Å². The fourth-order valence-electron chi connectivity index (χ4n) is 3.78. The van der Waals surface area contributed by atoms with Crippen molar-refractivity contribution in [1.82, 2.24) is 15.6 Å². The third kappa shape index (κ3) is 3.91. The largest absolute Gasteiger partial charge is 0.444 e. The van der Waals surface area contributed by atoms with Crippen LogP contribution >= 0.6 is 12.4 Å². The van der Waals surface area contributed by atoms with Gasteiger partial charge in [-0.25, -0.2) is 9.37 Å². The smallest absolute Gasteiger partial charge is 0.226 e. The highest BCUT2D eigenvalue weighted by molar-refractivity contribution is 5.85. The van der Waals surface area contributed by atoms with Crippen LogP contribution in [0.2, 0.25) is 0 Å². The first-order chi connectivity index (χ1) is 12.2. The molecular formula is C19H23ClFN3O2. The molecular weight excluding hydrogens is 357 g/mol. The third-order valence-electron chi connectivity index (χ3n) is 5.43. The van der Waals surface area contributed by atoms with E-state index in [9.17, 15) is 9.18 Å². The molecule has 7 heteroatoms. The monoisotopic (exact) mass is 379 g/mol. The molecule has 1 saturated carbocycles. The molecule has 1 unspecified atom stereocenters. The number of amides is 1. The molecule has 2 heterocycles. The average molecular weight is 380 g/mol.